The smallest absolute Gasteiger partial charge is 0.266 e. The van der Waals surface area contributed by atoms with Gasteiger partial charge in [-0.3, -0.25) is 9.59 Å². The number of carbonyl (C=O) groups excluding carboxylic acids is 1. The van der Waals surface area contributed by atoms with Crippen LogP contribution < -0.4 is 15.8 Å². The molecule has 4 rings (SSSR count). The van der Waals surface area contributed by atoms with Crippen LogP contribution in [-0.2, 0) is 36.0 Å². The highest BCUT2D eigenvalue weighted by Crippen LogP contribution is 2.24. The van der Waals surface area contributed by atoms with Crippen LogP contribution in [0.4, 0.5) is 5.82 Å². The molecule has 148 valence electrons. The summed E-state index contributed by atoms with van der Waals surface area (Å²) in [5, 5.41) is 7.38. The van der Waals surface area contributed by atoms with Crippen LogP contribution in [-0.4, -0.2) is 47.0 Å². The highest BCUT2D eigenvalue weighted by Gasteiger charge is 2.26. The molecule has 1 N–H and O–H groups in total. The summed E-state index contributed by atoms with van der Waals surface area (Å²) in [7, 11) is 1.65. The van der Waals surface area contributed by atoms with Gasteiger partial charge in [0.05, 0.1) is 18.9 Å². The fourth-order valence-corrected chi connectivity index (χ4v) is 3.86. The molecule has 0 aromatic carbocycles. The number of hydrogen-bond acceptors (Lipinski definition) is 6. The maximum absolute atomic E-state index is 12.8. The maximum atomic E-state index is 12.8. The SMILES string of the molecule is Cn1nc2c(cc1=O)CC(C(=O)NCc1cccnc1N1CCOCC1)CC2. The zero-order chi connectivity index (χ0) is 19.5. The normalized spacial score (nSPS) is 19.2. The van der Waals surface area contributed by atoms with E-state index in [9.17, 15) is 9.59 Å². The van der Waals surface area contributed by atoms with Crippen molar-refractivity contribution in [1.82, 2.24) is 20.1 Å². The lowest BCUT2D eigenvalue weighted by molar-refractivity contribution is -0.125. The Morgan fingerprint density at radius 2 is 2.18 bits per heavy atom. The van der Waals surface area contributed by atoms with Gasteiger partial charge >= 0.3 is 0 Å². The number of aryl methyl sites for hydroxylation is 2. The van der Waals surface area contributed by atoms with Crippen molar-refractivity contribution < 1.29 is 9.53 Å². The van der Waals surface area contributed by atoms with Crippen molar-refractivity contribution in [3.8, 4) is 0 Å². The molecule has 0 saturated carbocycles. The van der Waals surface area contributed by atoms with Gasteiger partial charge in [0.2, 0.25) is 5.91 Å². The number of fused-ring (bicyclic) bond motifs is 1. The molecule has 1 aliphatic carbocycles. The van der Waals surface area contributed by atoms with E-state index in [-0.39, 0.29) is 17.4 Å². The molecule has 0 bridgehead atoms. The first-order valence-corrected chi connectivity index (χ1v) is 9.72. The second-order valence-corrected chi connectivity index (χ2v) is 7.32. The van der Waals surface area contributed by atoms with E-state index < -0.39 is 0 Å². The first kappa shape index (κ1) is 18.6. The van der Waals surface area contributed by atoms with E-state index in [2.05, 4.69) is 20.3 Å². The Hall–Kier alpha value is -2.74. The van der Waals surface area contributed by atoms with Gasteiger partial charge in [0.25, 0.3) is 5.56 Å². The molecule has 8 heteroatoms. The number of nitrogens with zero attached hydrogens (tertiary/aromatic N) is 4. The van der Waals surface area contributed by atoms with Crippen molar-refractivity contribution in [2.24, 2.45) is 13.0 Å². The van der Waals surface area contributed by atoms with Crippen LogP contribution in [0, 0.1) is 5.92 Å². The largest absolute Gasteiger partial charge is 0.378 e. The highest BCUT2D eigenvalue weighted by molar-refractivity contribution is 5.79. The molecule has 0 radical (unpaired) electrons. The molecule has 2 aromatic heterocycles. The lowest BCUT2D eigenvalue weighted by Gasteiger charge is -2.29. The van der Waals surface area contributed by atoms with E-state index >= 15 is 0 Å². The molecule has 1 saturated heterocycles. The summed E-state index contributed by atoms with van der Waals surface area (Å²) in [6.45, 7) is 3.44. The molecule has 8 nitrogen and oxygen atoms in total. The fraction of sp³-hybridized carbons (Fsp3) is 0.500. The molecule has 0 spiro atoms. The van der Waals surface area contributed by atoms with Crippen molar-refractivity contribution in [3.63, 3.8) is 0 Å². The highest BCUT2D eigenvalue weighted by atomic mass is 16.5. The molecule has 1 atom stereocenters. The summed E-state index contributed by atoms with van der Waals surface area (Å²) in [5.41, 5.74) is 2.69. The lowest BCUT2D eigenvalue weighted by Crippen LogP contribution is -2.38. The van der Waals surface area contributed by atoms with E-state index in [0.717, 1.165) is 42.1 Å². The third-order valence-electron chi connectivity index (χ3n) is 5.46. The summed E-state index contributed by atoms with van der Waals surface area (Å²) < 4.78 is 6.77. The van der Waals surface area contributed by atoms with Gasteiger partial charge in [-0.1, -0.05) is 6.07 Å². The van der Waals surface area contributed by atoms with Crippen molar-refractivity contribution in [1.29, 1.82) is 0 Å². The minimum Gasteiger partial charge on any atom is -0.378 e. The number of nitrogens with one attached hydrogen (secondary N) is 1. The van der Waals surface area contributed by atoms with Gasteiger partial charge in [0, 0.05) is 50.4 Å². The summed E-state index contributed by atoms with van der Waals surface area (Å²) in [4.78, 5) is 31.3. The van der Waals surface area contributed by atoms with Gasteiger partial charge in [-0.2, -0.15) is 5.10 Å². The molecule has 1 unspecified atom stereocenters. The number of rotatable bonds is 4. The predicted octanol–water partition coefficient (Wildman–Crippen LogP) is 0.433. The van der Waals surface area contributed by atoms with E-state index in [1.165, 1.54) is 4.68 Å². The molecular weight excluding hydrogens is 358 g/mol. The average molecular weight is 383 g/mol. The minimum absolute atomic E-state index is 0.0168. The molecule has 1 aliphatic heterocycles. The third kappa shape index (κ3) is 3.91. The summed E-state index contributed by atoms with van der Waals surface area (Å²) >= 11 is 0. The molecule has 1 amide bonds. The Morgan fingerprint density at radius 3 is 3.00 bits per heavy atom. The van der Waals surface area contributed by atoms with Crippen LogP contribution in [0.25, 0.3) is 0 Å². The third-order valence-corrected chi connectivity index (χ3v) is 5.46. The van der Waals surface area contributed by atoms with E-state index in [4.69, 9.17) is 4.74 Å². The lowest BCUT2D eigenvalue weighted by atomic mass is 9.86. The molecule has 2 aliphatic rings. The van der Waals surface area contributed by atoms with Crippen LogP contribution >= 0.6 is 0 Å². The summed E-state index contributed by atoms with van der Waals surface area (Å²) in [6.07, 6.45) is 3.80. The Bertz CT molecular complexity index is 920. The summed E-state index contributed by atoms with van der Waals surface area (Å²) in [6, 6.07) is 5.50. The Balaban J connectivity index is 1.41. The van der Waals surface area contributed by atoms with Gasteiger partial charge < -0.3 is 15.0 Å². The first-order chi connectivity index (χ1) is 13.6. The first-order valence-electron chi connectivity index (χ1n) is 9.72. The Labute approximate surface area is 163 Å². The number of pyridine rings is 1. The van der Waals surface area contributed by atoms with Gasteiger partial charge in [0.15, 0.2) is 0 Å². The number of aromatic nitrogens is 3. The number of morpholine rings is 1. The molecule has 3 heterocycles. The van der Waals surface area contributed by atoms with Crippen molar-refractivity contribution >= 4 is 11.7 Å². The van der Waals surface area contributed by atoms with Gasteiger partial charge in [-0.25, -0.2) is 9.67 Å². The number of amides is 1. The van der Waals surface area contributed by atoms with E-state index in [0.29, 0.717) is 32.6 Å². The number of ether oxygens (including phenoxy) is 1. The quantitative estimate of drug-likeness (QED) is 0.824. The van der Waals surface area contributed by atoms with Crippen LogP contribution in [0.3, 0.4) is 0 Å². The van der Waals surface area contributed by atoms with Gasteiger partial charge in [-0.15, -0.1) is 0 Å². The van der Waals surface area contributed by atoms with Crippen molar-refractivity contribution in [3.05, 3.63) is 51.6 Å². The Kier molecular flexibility index (Phi) is 5.38. The monoisotopic (exact) mass is 383 g/mol. The topological polar surface area (TPSA) is 89.3 Å². The van der Waals surface area contributed by atoms with Crippen LogP contribution in [0.5, 0.6) is 0 Å². The average Bonchev–Trinajstić information content (AvgIpc) is 2.73. The zero-order valence-corrected chi connectivity index (χ0v) is 16.1. The maximum Gasteiger partial charge on any atom is 0.266 e. The van der Waals surface area contributed by atoms with Crippen LogP contribution in [0.15, 0.2) is 29.2 Å². The number of hydrogen-bond donors (Lipinski definition) is 1. The Morgan fingerprint density at radius 1 is 1.36 bits per heavy atom. The van der Waals surface area contributed by atoms with Gasteiger partial charge in [0.1, 0.15) is 5.82 Å². The number of carbonyl (C=O) groups is 1. The van der Waals surface area contributed by atoms with E-state index in [1.54, 1.807) is 19.3 Å². The molecule has 1 fully saturated rings. The second kappa shape index (κ2) is 8.10. The van der Waals surface area contributed by atoms with Crippen LogP contribution in [0.1, 0.15) is 23.2 Å². The second-order valence-electron chi connectivity index (χ2n) is 7.32. The molecule has 28 heavy (non-hydrogen) atoms. The van der Waals surface area contributed by atoms with Crippen molar-refractivity contribution in [2.45, 2.75) is 25.8 Å². The number of anilines is 1. The summed E-state index contributed by atoms with van der Waals surface area (Å²) in [5.74, 6) is 0.792. The molecule has 2 aromatic rings. The standard InChI is InChI=1S/C20H25N5O3/c1-24-18(26)12-16-11-14(4-5-17(16)23-24)20(27)22-13-15-3-2-6-21-19(15)25-7-9-28-10-8-25/h2-3,6,12,14H,4-5,7-11,13H2,1H3,(H,22,27). The van der Waals surface area contributed by atoms with Crippen LogP contribution in [0.2, 0.25) is 0 Å². The predicted molar refractivity (Wildman–Crippen MR) is 104 cm³/mol. The minimum atomic E-state index is -0.134. The van der Waals surface area contributed by atoms with E-state index in [1.807, 2.05) is 12.1 Å². The van der Waals surface area contributed by atoms with Gasteiger partial charge in [-0.05, 0) is 30.9 Å². The molecular formula is C20H25N5O3. The zero-order valence-electron chi connectivity index (χ0n) is 16.1. The van der Waals surface area contributed by atoms with Crippen molar-refractivity contribution in [2.75, 3.05) is 31.2 Å². The fourth-order valence-electron chi connectivity index (χ4n) is 3.86.